The lowest BCUT2D eigenvalue weighted by Crippen LogP contribution is -2.02. The summed E-state index contributed by atoms with van der Waals surface area (Å²) in [5.41, 5.74) is 8.14. The average molecular weight is 198 g/mol. The largest absolute Gasteiger partial charge is 0.326 e. The van der Waals surface area contributed by atoms with Crippen LogP contribution in [0.15, 0.2) is 41.4 Å². The Kier molecular flexibility index (Phi) is 2.79. The van der Waals surface area contributed by atoms with Crippen molar-refractivity contribution in [2.45, 2.75) is 13.1 Å². The molecule has 0 radical (unpaired) electrons. The van der Waals surface area contributed by atoms with Crippen LogP contribution in [0.4, 0.5) is 0 Å². The van der Waals surface area contributed by atoms with E-state index in [1.807, 2.05) is 12.1 Å². The van der Waals surface area contributed by atoms with Gasteiger partial charge in [-0.15, -0.1) is 0 Å². The molecule has 0 spiro atoms. The van der Waals surface area contributed by atoms with E-state index >= 15 is 0 Å². The smallest absolute Gasteiger partial charge is 0.0635 e. The fourth-order valence-corrected chi connectivity index (χ4v) is 1.89. The van der Waals surface area contributed by atoms with Gasteiger partial charge in [0.2, 0.25) is 0 Å². The van der Waals surface area contributed by atoms with Crippen LogP contribution >= 0.6 is 0 Å². The molecule has 0 aliphatic heterocycles. The maximum absolute atomic E-state index is 5.78. The lowest BCUT2D eigenvalue weighted by Gasteiger charge is -2.09. The highest BCUT2D eigenvalue weighted by Gasteiger charge is 2.04. The number of benzene rings is 2. The highest BCUT2D eigenvalue weighted by molar-refractivity contribution is 5.86. The minimum Gasteiger partial charge on any atom is -0.326 e. The molecule has 0 atom stereocenters. The van der Waals surface area contributed by atoms with Crippen molar-refractivity contribution in [2.24, 2.45) is 10.7 Å². The molecule has 0 bridgehead atoms. The summed E-state index contributed by atoms with van der Waals surface area (Å²) >= 11 is 0. The Morgan fingerprint density at radius 3 is 2.67 bits per heavy atom. The Balaban J connectivity index is 2.69. The molecule has 0 unspecified atom stereocenters. The van der Waals surface area contributed by atoms with E-state index in [0.717, 1.165) is 0 Å². The lowest BCUT2D eigenvalue weighted by atomic mass is 9.99. The predicted molar refractivity (Wildman–Crippen MR) is 65.1 cm³/mol. The fraction of sp³-hybridized carbons (Fsp3) is 0.154. The highest BCUT2D eigenvalue weighted by atomic mass is 14.7. The first-order chi connectivity index (χ1) is 7.36. The molecule has 0 amide bonds. The summed E-state index contributed by atoms with van der Waals surface area (Å²) in [7, 11) is 0. The van der Waals surface area contributed by atoms with E-state index in [4.69, 9.17) is 5.73 Å². The first-order valence-corrected chi connectivity index (χ1v) is 4.99. The third-order valence-electron chi connectivity index (χ3n) is 2.62. The molecule has 76 valence electrons. The van der Waals surface area contributed by atoms with E-state index < -0.39 is 0 Å². The Morgan fingerprint density at radius 1 is 1.13 bits per heavy atom. The monoisotopic (exact) mass is 198 g/mol. The summed E-state index contributed by atoms with van der Waals surface area (Å²) in [6.45, 7) is 4.70. The van der Waals surface area contributed by atoms with Gasteiger partial charge >= 0.3 is 0 Å². The molecule has 2 rings (SSSR count). The zero-order valence-electron chi connectivity index (χ0n) is 8.61. The van der Waals surface area contributed by atoms with Crippen molar-refractivity contribution in [2.75, 3.05) is 0 Å². The summed E-state index contributed by atoms with van der Waals surface area (Å²) in [5, 5.41) is 2.45. The lowest BCUT2D eigenvalue weighted by molar-refractivity contribution is 0.997. The highest BCUT2D eigenvalue weighted by Crippen LogP contribution is 2.22. The molecule has 2 nitrogen and oxygen atoms in total. The second-order valence-electron chi connectivity index (χ2n) is 3.51. The van der Waals surface area contributed by atoms with Crippen molar-refractivity contribution in [3.63, 3.8) is 0 Å². The van der Waals surface area contributed by atoms with Gasteiger partial charge in [-0.05, 0) is 28.6 Å². The van der Waals surface area contributed by atoms with Gasteiger partial charge in [0.05, 0.1) is 6.54 Å². The second-order valence-corrected chi connectivity index (χ2v) is 3.51. The maximum Gasteiger partial charge on any atom is 0.0635 e. The minimum atomic E-state index is 0.548. The molecular weight excluding hydrogens is 184 g/mol. The summed E-state index contributed by atoms with van der Waals surface area (Å²) in [4.78, 5) is 3.92. The summed E-state index contributed by atoms with van der Waals surface area (Å²) < 4.78 is 0. The molecule has 2 heteroatoms. The van der Waals surface area contributed by atoms with Crippen LogP contribution in [0.25, 0.3) is 10.8 Å². The normalized spacial score (nSPS) is 10.5. The van der Waals surface area contributed by atoms with E-state index in [-0.39, 0.29) is 0 Å². The van der Waals surface area contributed by atoms with Gasteiger partial charge in [-0.3, -0.25) is 4.99 Å². The predicted octanol–water partition coefficient (Wildman–Crippen LogP) is 2.50. The molecule has 2 aromatic rings. The Bertz CT molecular complexity index is 489. The molecule has 2 N–H and O–H groups in total. The van der Waals surface area contributed by atoms with Crippen LogP contribution in [0.3, 0.4) is 0 Å². The van der Waals surface area contributed by atoms with Crippen LogP contribution in [0.2, 0.25) is 0 Å². The van der Waals surface area contributed by atoms with E-state index in [9.17, 15) is 0 Å². The van der Waals surface area contributed by atoms with E-state index in [1.165, 1.54) is 21.9 Å². The number of rotatable bonds is 3. The second kappa shape index (κ2) is 4.24. The number of hydrogen-bond donors (Lipinski definition) is 1. The van der Waals surface area contributed by atoms with E-state index in [1.54, 1.807) is 0 Å². The zero-order chi connectivity index (χ0) is 10.7. The van der Waals surface area contributed by atoms with Gasteiger partial charge in [-0.25, -0.2) is 0 Å². The van der Waals surface area contributed by atoms with Crippen molar-refractivity contribution in [1.29, 1.82) is 0 Å². The quantitative estimate of drug-likeness (QED) is 0.756. The Labute approximate surface area is 89.4 Å². The van der Waals surface area contributed by atoms with E-state index in [2.05, 4.69) is 36.0 Å². The van der Waals surface area contributed by atoms with Crippen molar-refractivity contribution in [3.05, 3.63) is 47.5 Å². The number of nitrogens with zero attached hydrogens (tertiary/aromatic N) is 1. The van der Waals surface area contributed by atoms with Crippen LogP contribution in [0.1, 0.15) is 11.1 Å². The van der Waals surface area contributed by atoms with Crippen LogP contribution < -0.4 is 5.73 Å². The maximum atomic E-state index is 5.78. The average Bonchev–Trinajstić information content (AvgIpc) is 2.29. The van der Waals surface area contributed by atoms with Crippen LogP contribution in [-0.4, -0.2) is 6.72 Å². The number of aliphatic imine (C=N–C) groups is 1. The van der Waals surface area contributed by atoms with Crippen molar-refractivity contribution >= 4 is 17.5 Å². The zero-order valence-corrected chi connectivity index (χ0v) is 8.61. The van der Waals surface area contributed by atoms with Crippen LogP contribution in [-0.2, 0) is 13.1 Å². The SMILES string of the molecule is C=NCc1ccc2ccccc2c1CN. The van der Waals surface area contributed by atoms with Gasteiger partial charge in [0, 0.05) is 6.54 Å². The summed E-state index contributed by atoms with van der Waals surface area (Å²) in [6.07, 6.45) is 0. The Morgan fingerprint density at radius 2 is 1.93 bits per heavy atom. The molecule has 0 aliphatic carbocycles. The van der Waals surface area contributed by atoms with Gasteiger partial charge in [0.25, 0.3) is 0 Å². The van der Waals surface area contributed by atoms with Gasteiger partial charge in [0.15, 0.2) is 0 Å². The van der Waals surface area contributed by atoms with Gasteiger partial charge in [-0.2, -0.15) is 0 Å². The third kappa shape index (κ3) is 1.76. The number of fused-ring (bicyclic) bond motifs is 1. The molecule has 0 heterocycles. The number of nitrogens with two attached hydrogens (primary N) is 1. The molecule has 15 heavy (non-hydrogen) atoms. The summed E-state index contributed by atoms with van der Waals surface area (Å²) in [6, 6.07) is 12.5. The third-order valence-corrected chi connectivity index (χ3v) is 2.62. The van der Waals surface area contributed by atoms with Crippen molar-refractivity contribution in [3.8, 4) is 0 Å². The standard InChI is InChI=1S/C13H14N2/c1-15-9-11-7-6-10-4-2-3-5-12(10)13(11)8-14/h2-7H,1,8-9,14H2. The number of hydrogen-bond acceptors (Lipinski definition) is 2. The Hall–Kier alpha value is -1.67. The molecule has 0 aliphatic rings. The topological polar surface area (TPSA) is 38.4 Å². The summed E-state index contributed by atoms with van der Waals surface area (Å²) in [5.74, 6) is 0. The van der Waals surface area contributed by atoms with Crippen molar-refractivity contribution in [1.82, 2.24) is 0 Å². The molecular formula is C13H14N2. The molecule has 0 saturated heterocycles. The first-order valence-electron chi connectivity index (χ1n) is 4.99. The molecule has 0 saturated carbocycles. The molecule has 2 aromatic carbocycles. The van der Waals surface area contributed by atoms with Gasteiger partial charge < -0.3 is 5.73 Å². The molecule has 0 aromatic heterocycles. The van der Waals surface area contributed by atoms with E-state index in [0.29, 0.717) is 13.1 Å². The van der Waals surface area contributed by atoms with Crippen LogP contribution in [0.5, 0.6) is 0 Å². The van der Waals surface area contributed by atoms with Crippen LogP contribution in [0, 0.1) is 0 Å². The first kappa shape index (κ1) is 9.87. The fourth-order valence-electron chi connectivity index (χ4n) is 1.89. The minimum absolute atomic E-state index is 0.548. The molecule has 0 fully saturated rings. The van der Waals surface area contributed by atoms with Gasteiger partial charge in [-0.1, -0.05) is 36.4 Å². The van der Waals surface area contributed by atoms with Gasteiger partial charge in [0.1, 0.15) is 0 Å². The van der Waals surface area contributed by atoms with Crippen molar-refractivity contribution < 1.29 is 0 Å².